The topological polar surface area (TPSA) is 18.5 Å². The van der Waals surface area contributed by atoms with Crippen molar-refractivity contribution in [2.75, 3.05) is 26.7 Å². The molecule has 1 saturated carbocycles. The third-order valence-electron chi connectivity index (χ3n) is 3.44. The van der Waals surface area contributed by atoms with Crippen molar-refractivity contribution in [3.05, 3.63) is 0 Å². The lowest BCUT2D eigenvalue weighted by atomic mass is 10.1. The van der Waals surface area contributed by atoms with Crippen LogP contribution < -0.4 is 5.32 Å². The first-order valence-electron chi connectivity index (χ1n) is 5.96. The van der Waals surface area contributed by atoms with Crippen molar-refractivity contribution in [1.82, 2.24) is 15.1 Å². The zero-order valence-electron chi connectivity index (χ0n) is 9.70. The summed E-state index contributed by atoms with van der Waals surface area (Å²) in [6, 6.07) is 1.34. The molecule has 1 heterocycles. The van der Waals surface area contributed by atoms with E-state index in [9.17, 15) is 0 Å². The number of hydrogen-bond acceptors (Lipinski definition) is 2. The van der Waals surface area contributed by atoms with Crippen LogP contribution in [0.4, 0.5) is 0 Å². The van der Waals surface area contributed by atoms with Gasteiger partial charge < -0.3 is 10.2 Å². The molecule has 0 aromatic carbocycles. The zero-order valence-corrected chi connectivity index (χ0v) is 10.5. The third kappa shape index (κ3) is 2.82. The maximum Gasteiger partial charge on any atom is 0.169 e. The first kappa shape index (κ1) is 11.1. The lowest BCUT2D eigenvalue weighted by Crippen LogP contribution is -2.55. The fraction of sp³-hybridized carbons (Fsp3) is 0.909. The Hall–Kier alpha value is -0.350. The summed E-state index contributed by atoms with van der Waals surface area (Å²) in [7, 11) is 2.21. The van der Waals surface area contributed by atoms with Crippen molar-refractivity contribution in [2.45, 2.75) is 38.3 Å². The summed E-state index contributed by atoms with van der Waals surface area (Å²) >= 11 is 5.43. The Labute approximate surface area is 97.8 Å². The Morgan fingerprint density at radius 2 is 2.13 bits per heavy atom. The molecule has 0 amide bonds. The highest BCUT2D eigenvalue weighted by Gasteiger charge is 2.27. The minimum Gasteiger partial charge on any atom is -0.360 e. The van der Waals surface area contributed by atoms with Gasteiger partial charge in [-0.3, -0.25) is 4.90 Å². The van der Waals surface area contributed by atoms with Gasteiger partial charge in [0.15, 0.2) is 5.11 Å². The summed E-state index contributed by atoms with van der Waals surface area (Å²) < 4.78 is 0. The molecular formula is C11H21N3S. The Morgan fingerprint density at radius 1 is 1.40 bits per heavy atom. The van der Waals surface area contributed by atoms with E-state index in [4.69, 9.17) is 12.2 Å². The van der Waals surface area contributed by atoms with Gasteiger partial charge in [0.25, 0.3) is 0 Å². The summed E-state index contributed by atoms with van der Waals surface area (Å²) in [6.45, 7) is 5.55. The van der Waals surface area contributed by atoms with E-state index in [1.165, 1.54) is 19.3 Å². The molecular weight excluding hydrogens is 206 g/mol. The van der Waals surface area contributed by atoms with E-state index in [1.807, 2.05) is 0 Å². The third-order valence-corrected chi connectivity index (χ3v) is 3.82. The molecule has 1 aliphatic heterocycles. The van der Waals surface area contributed by atoms with Gasteiger partial charge in [-0.2, -0.15) is 0 Å². The zero-order chi connectivity index (χ0) is 10.8. The van der Waals surface area contributed by atoms with Gasteiger partial charge in [-0.1, -0.05) is 6.92 Å². The molecule has 4 heteroatoms. The summed E-state index contributed by atoms with van der Waals surface area (Å²) in [5.74, 6) is 0. The van der Waals surface area contributed by atoms with Crippen molar-refractivity contribution in [2.24, 2.45) is 0 Å². The smallest absolute Gasteiger partial charge is 0.169 e. The van der Waals surface area contributed by atoms with Crippen LogP contribution in [0.2, 0.25) is 0 Å². The Balaban J connectivity index is 1.84. The van der Waals surface area contributed by atoms with Gasteiger partial charge >= 0.3 is 0 Å². The Bertz CT molecular complexity index is 240. The van der Waals surface area contributed by atoms with E-state index in [-0.39, 0.29) is 0 Å². The number of nitrogens with one attached hydrogen (secondary N) is 1. The van der Waals surface area contributed by atoms with Crippen molar-refractivity contribution >= 4 is 17.3 Å². The molecule has 86 valence electrons. The molecule has 0 bridgehead atoms. The normalized spacial score (nSPS) is 27.9. The van der Waals surface area contributed by atoms with Crippen molar-refractivity contribution in [3.63, 3.8) is 0 Å². The van der Waals surface area contributed by atoms with Crippen LogP contribution >= 0.6 is 12.2 Å². The molecule has 15 heavy (non-hydrogen) atoms. The molecule has 0 radical (unpaired) electrons. The van der Waals surface area contributed by atoms with Crippen LogP contribution in [0.25, 0.3) is 0 Å². The van der Waals surface area contributed by atoms with Crippen LogP contribution in [0.5, 0.6) is 0 Å². The summed E-state index contributed by atoms with van der Waals surface area (Å²) in [5, 5.41) is 4.40. The number of rotatable bonds is 2. The molecule has 0 aromatic rings. The van der Waals surface area contributed by atoms with E-state index in [1.54, 1.807) is 0 Å². The molecule has 1 unspecified atom stereocenters. The molecule has 1 atom stereocenters. The van der Waals surface area contributed by atoms with Gasteiger partial charge in [-0.15, -0.1) is 0 Å². The van der Waals surface area contributed by atoms with Crippen LogP contribution in [0, 0.1) is 0 Å². The molecule has 3 nitrogen and oxygen atoms in total. The van der Waals surface area contributed by atoms with Gasteiger partial charge in [0.1, 0.15) is 0 Å². The number of thiocarbonyl (C=S) groups is 1. The predicted octanol–water partition coefficient (Wildman–Crippen LogP) is 1.05. The fourth-order valence-electron chi connectivity index (χ4n) is 2.06. The van der Waals surface area contributed by atoms with Gasteiger partial charge in [-0.05, 0) is 38.5 Å². The highest BCUT2D eigenvalue weighted by atomic mass is 32.1. The lowest BCUT2D eigenvalue weighted by Gasteiger charge is -2.40. The van der Waals surface area contributed by atoms with Gasteiger partial charge in [0.05, 0.1) is 0 Å². The van der Waals surface area contributed by atoms with Crippen molar-refractivity contribution in [3.8, 4) is 0 Å². The highest BCUT2D eigenvalue weighted by molar-refractivity contribution is 7.80. The van der Waals surface area contributed by atoms with E-state index in [2.05, 4.69) is 29.1 Å². The standard InChI is InChI=1S/C11H21N3S/c1-3-10-8-14(7-6-13(10)2)11(15)12-9-4-5-9/h9-10H,3-8H2,1-2H3,(H,12,15). The first-order chi connectivity index (χ1) is 7.20. The maximum atomic E-state index is 5.43. The molecule has 0 spiro atoms. The van der Waals surface area contributed by atoms with Gasteiger partial charge in [0.2, 0.25) is 0 Å². The minimum atomic E-state index is 0.665. The van der Waals surface area contributed by atoms with Crippen LogP contribution in [-0.2, 0) is 0 Å². The molecule has 1 aliphatic carbocycles. The summed E-state index contributed by atoms with van der Waals surface area (Å²) in [4.78, 5) is 4.78. The van der Waals surface area contributed by atoms with Crippen molar-refractivity contribution < 1.29 is 0 Å². The number of nitrogens with zero attached hydrogens (tertiary/aromatic N) is 2. The molecule has 1 N–H and O–H groups in total. The number of likely N-dealkylation sites (N-methyl/N-ethyl adjacent to an activating group) is 1. The second kappa shape index (κ2) is 4.66. The maximum absolute atomic E-state index is 5.43. The van der Waals surface area contributed by atoms with Gasteiger partial charge in [0, 0.05) is 31.7 Å². The minimum absolute atomic E-state index is 0.665. The SMILES string of the molecule is CCC1CN(C(=S)NC2CC2)CCN1C. The molecule has 0 aromatic heterocycles. The molecule has 2 rings (SSSR count). The average Bonchev–Trinajstić information content (AvgIpc) is 3.02. The van der Waals surface area contributed by atoms with E-state index < -0.39 is 0 Å². The van der Waals surface area contributed by atoms with Crippen LogP contribution in [0.3, 0.4) is 0 Å². The number of piperazine rings is 1. The predicted molar refractivity (Wildman–Crippen MR) is 67.0 cm³/mol. The largest absolute Gasteiger partial charge is 0.360 e. The summed E-state index contributed by atoms with van der Waals surface area (Å²) in [5.41, 5.74) is 0. The molecule has 2 aliphatic rings. The average molecular weight is 227 g/mol. The second-order valence-corrected chi connectivity index (χ2v) is 5.10. The summed E-state index contributed by atoms with van der Waals surface area (Å²) in [6.07, 6.45) is 3.80. The van der Waals surface area contributed by atoms with Crippen LogP contribution in [-0.4, -0.2) is 53.7 Å². The highest BCUT2D eigenvalue weighted by Crippen LogP contribution is 2.19. The number of hydrogen-bond donors (Lipinski definition) is 1. The van der Waals surface area contributed by atoms with E-state index in [0.29, 0.717) is 12.1 Å². The first-order valence-corrected chi connectivity index (χ1v) is 6.37. The van der Waals surface area contributed by atoms with Gasteiger partial charge in [-0.25, -0.2) is 0 Å². The Kier molecular flexibility index (Phi) is 3.46. The molecule has 2 fully saturated rings. The van der Waals surface area contributed by atoms with E-state index in [0.717, 1.165) is 24.7 Å². The monoisotopic (exact) mass is 227 g/mol. The second-order valence-electron chi connectivity index (χ2n) is 4.71. The van der Waals surface area contributed by atoms with E-state index >= 15 is 0 Å². The quantitative estimate of drug-likeness (QED) is 0.711. The Morgan fingerprint density at radius 3 is 2.73 bits per heavy atom. The van der Waals surface area contributed by atoms with Crippen molar-refractivity contribution in [1.29, 1.82) is 0 Å². The van der Waals surface area contributed by atoms with Crippen LogP contribution in [0.1, 0.15) is 26.2 Å². The molecule has 1 saturated heterocycles. The lowest BCUT2D eigenvalue weighted by molar-refractivity contribution is 0.137. The fourth-order valence-corrected chi connectivity index (χ4v) is 2.40. The van der Waals surface area contributed by atoms with Crippen LogP contribution in [0.15, 0.2) is 0 Å².